The van der Waals surface area contributed by atoms with E-state index in [0.29, 0.717) is 0 Å². The van der Waals surface area contributed by atoms with Crippen LogP contribution in [0.5, 0.6) is 0 Å². The molecule has 0 spiro atoms. The minimum absolute atomic E-state index is 0.0728. The average Bonchev–Trinajstić information content (AvgIpc) is 2.58. The number of rotatable bonds is 1. The fourth-order valence-electron chi connectivity index (χ4n) is 1.43. The van der Waals surface area contributed by atoms with Gasteiger partial charge in [0.1, 0.15) is 0 Å². The van der Waals surface area contributed by atoms with Gasteiger partial charge in [0.2, 0.25) is 0 Å². The molecule has 0 radical (unpaired) electrons. The van der Waals surface area contributed by atoms with Gasteiger partial charge in [-0.3, -0.25) is 0 Å². The molecule has 12 heavy (non-hydrogen) atoms. The number of aryl methyl sites for hydroxylation is 1. The van der Waals surface area contributed by atoms with Crippen LogP contribution in [0.15, 0.2) is 41.4 Å². The summed E-state index contributed by atoms with van der Waals surface area (Å²) in [5.41, 5.74) is 2.75. The van der Waals surface area contributed by atoms with Crippen LogP contribution in [0.25, 0.3) is 4.44 Å². The molecule has 58 valence electrons. The van der Waals surface area contributed by atoms with Gasteiger partial charge >= 0.3 is 15.2 Å². The van der Waals surface area contributed by atoms with Crippen molar-refractivity contribution in [2.75, 3.05) is 0 Å². The predicted octanol–water partition coefficient (Wildman–Crippen LogP) is 2.30. The van der Waals surface area contributed by atoms with E-state index in [1.807, 2.05) is 0 Å². The molecule has 0 fully saturated rings. The Bertz CT molecular complexity index is 331. The van der Waals surface area contributed by atoms with Crippen molar-refractivity contribution in [3.8, 4) is 0 Å². The summed E-state index contributed by atoms with van der Waals surface area (Å²) < 4.78 is 1.56. The second kappa shape index (κ2) is 3.31. The molecule has 0 N–H and O–H groups in total. The van der Waals surface area contributed by atoms with Crippen LogP contribution >= 0.6 is 0 Å². The van der Waals surface area contributed by atoms with E-state index in [0.717, 1.165) is 0 Å². The topological polar surface area (TPSA) is 0 Å². The molecule has 0 nitrogen and oxygen atoms in total. The maximum atomic E-state index is 2.33. The van der Waals surface area contributed by atoms with Gasteiger partial charge in [-0.1, -0.05) is 42.0 Å². The Balaban J connectivity index is 2.30. The maximum absolute atomic E-state index is 2.33. The lowest BCUT2D eigenvalue weighted by molar-refractivity contribution is 1.46. The zero-order valence-corrected chi connectivity index (χ0v) is 8.66. The summed E-state index contributed by atoms with van der Waals surface area (Å²) in [5.74, 6) is 0. The van der Waals surface area contributed by atoms with Crippen LogP contribution in [0, 0.1) is 6.92 Å². The Morgan fingerprint density at radius 1 is 1.08 bits per heavy atom. The molecule has 0 atom stereocenters. The first-order valence-electron chi connectivity index (χ1n) is 4.29. The minimum Gasteiger partial charge on any atom is -0.143 e. The fourth-order valence-corrected chi connectivity index (χ4v) is 2.70. The lowest BCUT2D eigenvalue weighted by Crippen LogP contribution is -1.88. The zero-order valence-electron chi connectivity index (χ0n) is 7.25. The molecule has 1 aliphatic rings. The largest absolute Gasteiger partial charge is 0.313 e. The maximum Gasteiger partial charge on any atom is 0.313 e. The Morgan fingerprint density at radius 3 is 2.42 bits per heavy atom. The molecule has 2 rings (SSSR count). The summed E-state index contributed by atoms with van der Waals surface area (Å²) >= 11 is -0.0728. The predicted molar refractivity (Wildman–Crippen MR) is 55.4 cm³/mol. The smallest absolute Gasteiger partial charge is 0.143 e. The van der Waals surface area contributed by atoms with E-state index in [2.05, 4.69) is 48.3 Å². The summed E-state index contributed by atoms with van der Waals surface area (Å²) in [4.78, 5) is 2.33. The van der Waals surface area contributed by atoms with E-state index in [1.165, 1.54) is 11.1 Å². The first-order valence-corrected chi connectivity index (χ1v) is 5.81. The summed E-state index contributed by atoms with van der Waals surface area (Å²) in [5, 5.41) is 0. The van der Waals surface area contributed by atoms with Crippen molar-refractivity contribution in [2.45, 2.75) is 6.92 Å². The SMILES string of the molecule is Cc1ccc([C]2=CC=[CH][AlH]2)cc1. The van der Waals surface area contributed by atoms with Gasteiger partial charge in [0, 0.05) is 0 Å². The molecule has 0 saturated heterocycles. The van der Waals surface area contributed by atoms with E-state index < -0.39 is 0 Å². The van der Waals surface area contributed by atoms with Gasteiger partial charge in [0.25, 0.3) is 0 Å². The van der Waals surface area contributed by atoms with Crippen LogP contribution in [-0.2, 0) is 0 Å². The lowest BCUT2D eigenvalue weighted by atomic mass is 10.1. The van der Waals surface area contributed by atoms with Crippen LogP contribution < -0.4 is 0 Å². The van der Waals surface area contributed by atoms with Crippen LogP contribution in [0.2, 0.25) is 0 Å². The van der Waals surface area contributed by atoms with Crippen LogP contribution in [0.3, 0.4) is 0 Å². The van der Waals surface area contributed by atoms with E-state index in [4.69, 9.17) is 0 Å². The summed E-state index contributed by atoms with van der Waals surface area (Å²) in [6.07, 6.45) is 4.43. The second-order valence-corrected chi connectivity index (χ2v) is 4.83. The number of hydrogen-bond donors (Lipinski definition) is 0. The van der Waals surface area contributed by atoms with Gasteiger partial charge in [0.15, 0.2) is 0 Å². The van der Waals surface area contributed by atoms with E-state index >= 15 is 0 Å². The number of benzene rings is 1. The van der Waals surface area contributed by atoms with Crippen molar-refractivity contribution in [1.82, 2.24) is 0 Å². The van der Waals surface area contributed by atoms with Crippen molar-refractivity contribution in [3.63, 3.8) is 0 Å². The van der Waals surface area contributed by atoms with Crippen molar-refractivity contribution >= 4 is 19.7 Å². The number of hydrogen-bond acceptors (Lipinski definition) is 0. The third-order valence-corrected chi connectivity index (χ3v) is 3.79. The molecule has 0 aromatic heterocycles. The van der Waals surface area contributed by atoms with Gasteiger partial charge in [-0.05, 0) is 12.5 Å². The number of allylic oxidation sites excluding steroid dienone is 2. The van der Waals surface area contributed by atoms with Crippen LogP contribution in [-0.4, -0.2) is 15.2 Å². The highest BCUT2D eigenvalue weighted by Crippen LogP contribution is 2.17. The molecule has 0 bridgehead atoms. The highest BCUT2D eigenvalue weighted by Gasteiger charge is 2.03. The summed E-state index contributed by atoms with van der Waals surface area (Å²) in [6, 6.07) is 8.81. The molecular weight excluding hydrogens is 159 g/mol. The first kappa shape index (κ1) is 7.86. The minimum atomic E-state index is -0.0728. The normalized spacial score (nSPS) is 14.2. The van der Waals surface area contributed by atoms with Crippen molar-refractivity contribution in [2.24, 2.45) is 0 Å². The highest BCUT2D eigenvalue weighted by molar-refractivity contribution is 6.66. The summed E-state index contributed by atoms with van der Waals surface area (Å²) in [6.45, 7) is 2.13. The molecule has 0 aliphatic carbocycles. The lowest BCUT2D eigenvalue weighted by Gasteiger charge is -2.00. The molecule has 0 amide bonds. The molecule has 1 heterocycles. The van der Waals surface area contributed by atoms with Gasteiger partial charge < -0.3 is 0 Å². The fraction of sp³-hybridized carbons (Fsp3) is 0.0909. The molecule has 1 aliphatic heterocycles. The average molecular weight is 170 g/mol. The first-order chi connectivity index (χ1) is 5.86. The third kappa shape index (κ3) is 1.53. The monoisotopic (exact) mass is 170 g/mol. The highest BCUT2D eigenvalue weighted by atomic mass is 27.1. The Kier molecular flexibility index (Phi) is 2.17. The van der Waals surface area contributed by atoms with E-state index in [-0.39, 0.29) is 15.2 Å². The van der Waals surface area contributed by atoms with Gasteiger partial charge in [-0.2, -0.15) is 0 Å². The van der Waals surface area contributed by atoms with Gasteiger partial charge in [-0.25, -0.2) is 0 Å². The summed E-state index contributed by atoms with van der Waals surface area (Å²) in [7, 11) is 0. The van der Waals surface area contributed by atoms with E-state index in [9.17, 15) is 0 Å². The third-order valence-electron chi connectivity index (χ3n) is 2.19. The second-order valence-electron chi connectivity index (χ2n) is 3.19. The van der Waals surface area contributed by atoms with E-state index in [1.54, 1.807) is 4.44 Å². The quantitative estimate of drug-likeness (QED) is 0.567. The van der Waals surface area contributed by atoms with Crippen molar-refractivity contribution in [3.05, 3.63) is 52.5 Å². The van der Waals surface area contributed by atoms with Gasteiger partial charge in [-0.15, -0.1) is 9.37 Å². The molecule has 0 saturated carbocycles. The van der Waals surface area contributed by atoms with Crippen molar-refractivity contribution in [1.29, 1.82) is 0 Å². The molecule has 1 heteroatoms. The van der Waals surface area contributed by atoms with Gasteiger partial charge in [0.05, 0.1) is 0 Å². The Labute approximate surface area is 79.3 Å². The van der Waals surface area contributed by atoms with Crippen LogP contribution in [0.4, 0.5) is 0 Å². The molecular formula is C11H11Al. The van der Waals surface area contributed by atoms with Crippen molar-refractivity contribution < 1.29 is 0 Å². The Morgan fingerprint density at radius 2 is 1.83 bits per heavy atom. The van der Waals surface area contributed by atoms with Crippen LogP contribution in [0.1, 0.15) is 11.1 Å². The molecule has 0 unspecified atom stereocenters. The molecule has 1 aromatic carbocycles. The standard InChI is InChI=1S/C11H10.Al.H/c1-3-4-5-11-8-6-10(2)7-9-11;;/h1,3-4,6-9H,2H3;;. The Hall–Kier alpha value is -0.768. The molecule has 1 aromatic rings. The zero-order chi connectivity index (χ0) is 8.39.